The summed E-state index contributed by atoms with van der Waals surface area (Å²) in [5.41, 5.74) is 3.38. The van der Waals surface area contributed by atoms with Gasteiger partial charge in [0.05, 0.1) is 11.4 Å². The summed E-state index contributed by atoms with van der Waals surface area (Å²) in [6.07, 6.45) is 1.87. The Morgan fingerprint density at radius 1 is 0.857 bits per heavy atom. The van der Waals surface area contributed by atoms with E-state index in [0.717, 1.165) is 22.6 Å². The van der Waals surface area contributed by atoms with Crippen LogP contribution in [0.4, 0.5) is 0 Å². The fourth-order valence-electron chi connectivity index (χ4n) is 3.58. The number of hydrogen-bond acceptors (Lipinski definition) is 5. The van der Waals surface area contributed by atoms with E-state index in [4.69, 9.17) is 21.7 Å². The van der Waals surface area contributed by atoms with Crippen LogP contribution in [0.25, 0.3) is 6.08 Å². The lowest BCUT2D eigenvalue weighted by Crippen LogP contribution is -2.27. The number of thioether (sulfide) groups is 1. The van der Waals surface area contributed by atoms with Crippen molar-refractivity contribution in [1.82, 2.24) is 4.90 Å². The molecule has 3 aromatic rings. The predicted octanol–water partition coefficient (Wildman–Crippen LogP) is 6.84. The number of benzene rings is 3. The molecule has 0 aliphatic carbocycles. The van der Waals surface area contributed by atoms with Crippen LogP contribution < -0.4 is 9.47 Å². The Labute approximate surface area is 216 Å². The Bertz CT molecular complexity index is 1200. The zero-order valence-electron chi connectivity index (χ0n) is 20.2. The van der Waals surface area contributed by atoms with Crippen LogP contribution in [0.15, 0.2) is 83.8 Å². The van der Waals surface area contributed by atoms with Crippen molar-refractivity contribution in [2.45, 2.75) is 32.7 Å². The Hall–Kier alpha value is -3.09. The Kier molecular flexibility index (Phi) is 7.93. The molecule has 35 heavy (non-hydrogen) atoms. The van der Waals surface area contributed by atoms with Gasteiger partial charge in [0, 0.05) is 0 Å². The van der Waals surface area contributed by atoms with Gasteiger partial charge >= 0.3 is 0 Å². The molecule has 0 unspecified atom stereocenters. The molecule has 4 rings (SSSR count). The summed E-state index contributed by atoms with van der Waals surface area (Å²) in [4.78, 5) is 15.1. The summed E-state index contributed by atoms with van der Waals surface area (Å²) >= 11 is 6.78. The molecule has 1 fully saturated rings. The molecule has 3 aromatic carbocycles. The zero-order chi connectivity index (χ0) is 24.8. The van der Waals surface area contributed by atoms with Gasteiger partial charge in [0.2, 0.25) is 0 Å². The minimum atomic E-state index is -0.0585. The minimum Gasteiger partial charge on any atom is -0.490 e. The zero-order valence-corrected chi connectivity index (χ0v) is 21.8. The van der Waals surface area contributed by atoms with E-state index in [1.54, 1.807) is 4.90 Å². The van der Waals surface area contributed by atoms with Gasteiger partial charge in [0.15, 0.2) is 0 Å². The van der Waals surface area contributed by atoms with E-state index < -0.39 is 0 Å². The lowest BCUT2D eigenvalue weighted by molar-refractivity contribution is -0.122. The highest BCUT2D eigenvalue weighted by atomic mass is 32.2. The van der Waals surface area contributed by atoms with Gasteiger partial charge in [-0.1, -0.05) is 99.3 Å². The molecule has 1 aliphatic heterocycles. The van der Waals surface area contributed by atoms with Gasteiger partial charge in [0.25, 0.3) is 5.91 Å². The van der Waals surface area contributed by atoms with Gasteiger partial charge in [0.1, 0.15) is 29.0 Å². The highest BCUT2D eigenvalue weighted by Crippen LogP contribution is 2.33. The molecule has 4 nitrogen and oxygen atoms in total. The third-order valence-corrected chi connectivity index (χ3v) is 6.95. The molecular weight excluding hydrogens is 474 g/mol. The maximum absolute atomic E-state index is 12.9. The predicted molar refractivity (Wildman–Crippen MR) is 148 cm³/mol. The average molecular weight is 504 g/mol. The van der Waals surface area contributed by atoms with Gasteiger partial charge in [-0.05, 0) is 52.4 Å². The topological polar surface area (TPSA) is 38.8 Å². The van der Waals surface area contributed by atoms with Crippen molar-refractivity contribution in [2.75, 3.05) is 13.2 Å². The fourth-order valence-corrected chi connectivity index (χ4v) is 4.84. The molecule has 0 saturated carbocycles. The second-order valence-electron chi connectivity index (χ2n) is 9.29. The fraction of sp³-hybridized carbons (Fsp3) is 0.241. The van der Waals surface area contributed by atoms with E-state index in [1.165, 1.54) is 17.3 Å². The maximum atomic E-state index is 12.9. The van der Waals surface area contributed by atoms with Crippen LogP contribution >= 0.6 is 24.0 Å². The van der Waals surface area contributed by atoms with Gasteiger partial charge < -0.3 is 9.47 Å². The third kappa shape index (κ3) is 6.74. The summed E-state index contributed by atoms with van der Waals surface area (Å²) in [5.74, 6) is 1.53. The molecule has 1 saturated heterocycles. The van der Waals surface area contributed by atoms with E-state index in [9.17, 15) is 4.79 Å². The van der Waals surface area contributed by atoms with Crippen molar-refractivity contribution >= 4 is 40.3 Å². The van der Waals surface area contributed by atoms with Crippen LogP contribution in [-0.2, 0) is 16.8 Å². The molecule has 1 aliphatic rings. The highest BCUT2D eigenvalue weighted by molar-refractivity contribution is 8.26. The Morgan fingerprint density at radius 3 is 2.00 bits per heavy atom. The minimum absolute atomic E-state index is 0.0585. The Morgan fingerprint density at radius 2 is 1.43 bits per heavy atom. The second kappa shape index (κ2) is 11.1. The lowest BCUT2D eigenvalue weighted by Gasteiger charge is -2.19. The monoisotopic (exact) mass is 503 g/mol. The number of carbonyl (C=O) groups is 1. The van der Waals surface area contributed by atoms with Crippen molar-refractivity contribution in [2.24, 2.45) is 0 Å². The number of carbonyl (C=O) groups excluding carboxylic acids is 1. The first-order valence-electron chi connectivity index (χ1n) is 11.5. The molecule has 0 atom stereocenters. The number of nitrogens with zero attached hydrogens (tertiary/aromatic N) is 1. The van der Waals surface area contributed by atoms with E-state index in [0.29, 0.717) is 29.0 Å². The largest absolute Gasteiger partial charge is 0.490 e. The number of amides is 1. The first kappa shape index (κ1) is 25.0. The maximum Gasteiger partial charge on any atom is 0.266 e. The normalized spacial score (nSPS) is 15.1. The van der Waals surface area contributed by atoms with Crippen LogP contribution in [0.1, 0.15) is 37.5 Å². The molecule has 0 radical (unpaired) electrons. The van der Waals surface area contributed by atoms with Gasteiger partial charge in [-0.2, -0.15) is 0 Å². The summed E-state index contributed by atoms with van der Waals surface area (Å²) < 4.78 is 12.2. The molecular formula is C29H29NO3S2. The van der Waals surface area contributed by atoms with Crippen LogP contribution in [-0.4, -0.2) is 28.3 Å². The van der Waals surface area contributed by atoms with Crippen LogP contribution in [0, 0.1) is 0 Å². The smallest absolute Gasteiger partial charge is 0.266 e. The quantitative estimate of drug-likeness (QED) is 0.191. The van der Waals surface area contributed by atoms with Gasteiger partial charge in [-0.15, -0.1) is 0 Å². The van der Waals surface area contributed by atoms with Gasteiger partial charge in [-0.3, -0.25) is 9.69 Å². The molecule has 0 aromatic heterocycles. The Balaban J connectivity index is 1.27. The number of rotatable bonds is 8. The van der Waals surface area contributed by atoms with Crippen molar-refractivity contribution in [1.29, 1.82) is 0 Å². The standard InChI is InChI=1S/C29H29NO3S2/c1-29(2,3)23-11-15-25(16-12-23)33-18-17-32-24-13-9-21(10-14-24)19-26-27(31)30(28(34)35-26)20-22-7-5-4-6-8-22/h4-16,19H,17-18,20H2,1-3H3/b26-19+. The van der Waals surface area contributed by atoms with Crippen molar-refractivity contribution in [3.63, 3.8) is 0 Å². The first-order chi connectivity index (χ1) is 16.8. The number of thiocarbonyl (C=S) groups is 1. The molecule has 1 heterocycles. The highest BCUT2D eigenvalue weighted by Gasteiger charge is 2.31. The van der Waals surface area contributed by atoms with E-state index >= 15 is 0 Å². The van der Waals surface area contributed by atoms with E-state index in [2.05, 4.69) is 32.9 Å². The summed E-state index contributed by atoms with van der Waals surface area (Å²) in [5, 5.41) is 0. The van der Waals surface area contributed by atoms with E-state index in [1.807, 2.05) is 72.8 Å². The number of hydrogen-bond donors (Lipinski definition) is 0. The SMILES string of the molecule is CC(C)(C)c1ccc(OCCOc2ccc(/C=C3/SC(=S)N(Cc4ccccc4)C3=O)cc2)cc1. The second-order valence-corrected chi connectivity index (χ2v) is 11.0. The van der Waals surface area contributed by atoms with Gasteiger partial charge in [-0.25, -0.2) is 0 Å². The van der Waals surface area contributed by atoms with E-state index in [-0.39, 0.29) is 11.3 Å². The summed E-state index contributed by atoms with van der Waals surface area (Å²) in [6, 6.07) is 25.7. The van der Waals surface area contributed by atoms with Crippen LogP contribution in [0.2, 0.25) is 0 Å². The molecule has 6 heteroatoms. The third-order valence-electron chi connectivity index (χ3n) is 5.58. The average Bonchev–Trinajstić information content (AvgIpc) is 3.10. The lowest BCUT2D eigenvalue weighted by atomic mass is 9.87. The van der Waals surface area contributed by atoms with Crippen molar-refractivity contribution < 1.29 is 14.3 Å². The molecule has 180 valence electrons. The van der Waals surface area contributed by atoms with Crippen LogP contribution in [0.3, 0.4) is 0 Å². The van der Waals surface area contributed by atoms with Crippen molar-refractivity contribution in [3.8, 4) is 11.5 Å². The van der Waals surface area contributed by atoms with Crippen LogP contribution in [0.5, 0.6) is 11.5 Å². The molecule has 1 amide bonds. The summed E-state index contributed by atoms with van der Waals surface area (Å²) in [6.45, 7) is 7.96. The molecule has 0 N–H and O–H groups in total. The first-order valence-corrected chi connectivity index (χ1v) is 12.8. The summed E-state index contributed by atoms with van der Waals surface area (Å²) in [7, 11) is 0. The molecule has 0 bridgehead atoms. The van der Waals surface area contributed by atoms with Crippen molar-refractivity contribution in [3.05, 3.63) is 100 Å². The molecule has 0 spiro atoms. The number of ether oxygens (including phenoxy) is 2.